The van der Waals surface area contributed by atoms with Gasteiger partial charge in [-0.05, 0) is 24.8 Å². The van der Waals surface area contributed by atoms with E-state index in [1.54, 1.807) is 13.2 Å². The van der Waals surface area contributed by atoms with Crippen LogP contribution in [0.15, 0.2) is 12.1 Å². The Labute approximate surface area is 113 Å². The highest BCUT2D eigenvalue weighted by atomic mass is 19.1. The lowest BCUT2D eigenvalue weighted by Crippen LogP contribution is -2.24. The van der Waals surface area contributed by atoms with E-state index in [1.807, 2.05) is 0 Å². The first-order chi connectivity index (χ1) is 9.17. The molecule has 0 heterocycles. The van der Waals surface area contributed by atoms with Crippen molar-refractivity contribution in [3.05, 3.63) is 23.5 Å². The molecule has 2 N–H and O–H groups in total. The van der Waals surface area contributed by atoms with Crippen molar-refractivity contribution in [1.82, 2.24) is 0 Å². The van der Waals surface area contributed by atoms with Crippen molar-refractivity contribution >= 4 is 0 Å². The van der Waals surface area contributed by atoms with Crippen molar-refractivity contribution in [2.24, 2.45) is 11.7 Å². The molecule has 1 aliphatic carbocycles. The van der Waals surface area contributed by atoms with Crippen LogP contribution < -0.4 is 15.2 Å². The van der Waals surface area contributed by atoms with Gasteiger partial charge in [-0.1, -0.05) is 19.3 Å². The van der Waals surface area contributed by atoms with Gasteiger partial charge in [0.2, 0.25) is 0 Å². The summed E-state index contributed by atoms with van der Waals surface area (Å²) in [5.74, 6) is 0.988. The van der Waals surface area contributed by atoms with Gasteiger partial charge in [0.15, 0.2) is 11.5 Å². The van der Waals surface area contributed by atoms with Crippen LogP contribution in [0.3, 0.4) is 0 Å². The topological polar surface area (TPSA) is 44.5 Å². The molecule has 0 bridgehead atoms. The fourth-order valence-corrected chi connectivity index (χ4v) is 2.87. The summed E-state index contributed by atoms with van der Waals surface area (Å²) in [6.07, 6.45) is 5.79. The predicted octanol–water partition coefficient (Wildman–Crippen LogP) is 3.42. The van der Waals surface area contributed by atoms with Crippen molar-refractivity contribution in [3.63, 3.8) is 0 Å². The number of rotatable bonds is 4. The van der Waals surface area contributed by atoms with Crippen LogP contribution in [0.5, 0.6) is 11.5 Å². The number of halogens is 1. The molecule has 0 spiro atoms. The molecule has 2 rings (SSSR count). The summed E-state index contributed by atoms with van der Waals surface area (Å²) in [5.41, 5.74) is 6.78. The van der Waals surface area contributed by atoms with E-state index in [4.69, 9.17) is 15.2 Å². The van der Waals surface area contributed by atoms with Crippen LogP contribution in [-0.2, 0) is 0 Å². The average Bonchev–Trinajstić information content (AvgIpc) is 2.47. The summed E-state index contributed by atoms with van der Waals surface area (Å²) < 4.78 is 24.5. The summed E-state index contributed by atoms with van der Waals surface area (Å²) in [4.78, 5) is 0. The highest BCUT2D eigenvalue weighted by molar-refractivity contribution is 5.44. The van der Waals surface area contributed by atoms with Crippen LogP contribution in [0, 0.1) is 11.7 Å². The molecule has 1 aliphatic rings. The van der Waals surface area contributed by atoms with Crippen LogP contribution >= 0.6 is 0 Å². The molecule has 1 fully saturated rings. The number of nitrogens with two attached hydrogens (primary N) is 1. The number of methoxy groups -OCH3 is 2. The second-order valence-electron chi connectivity index (χ2n) is 5.15. The molecule has 1 atom stereocenters. The van der Waals surface area contributed by atoms with Crippen molar-refractivity contribution in [2.75, 3.05) is 14.2 Å². The van der Waals surface area contributed by atoms with Crippen LogP contribution in [0.25, 0.3) is 0 Å². The van der Waals surface area contributed by atoms with E-state index < -0.39 is 0 Å². The zero-order valence-corrected chi connectivity index (χ0v) is 11.6. The maximum absolute atomic E-state index is 14.1. The van der Waals surface area contributed by atoms with Crippen molar-refractivity contribution in [1.29, 1.82) is 0 Å². The van der Waals surface area contributed by atoms with Gasteiger partial charge in [0, 0.05) is 17.7 Å². The van der Waals surface area contributed by atoms with Crippen LogP contribution in [0.4, 0.5) is 4.39 Å². The van der Waals surface area contributed by atoms with Crippen molar-refractivity contribution in [3.8, 4) is 11.5 Å². The lowest BCUT2D eigenvalue weighted by atomic mass is 9.81. The largest absolute Gasteiger partial charge is 0.493 e. The second-order valence-corrected chi connectivity index (χ2v) is 5.15. The molecule has 0 aromatic heterocycles. The lowest BCUT2D eigenvalue weighted by molar-refractivity contribution is 0.301. The number of hydrogen-bond acceptors (Lipinski definition) is 3. The molecule has 106 valence electrons. The maximum atomic E-state index is 14.1. The second kappa shape index (κ2) is 6.24. The summed E-state index contributed by atoms with van der Waals surface area (Å²) in [6.45, 7) is 0. The zero-order chi connectivity index (χ0) is 13.8. The number of ether oxygens (including phenoxy) is 2. The van der Waals surface area contributed by atoms with E-state index in [2.05, 4.69) is 0 Å². The normalized spacial score (nSPS) is 18.1. The molecule has 0 aliphatic heterocycles. The average molecular weight is 267 g/mol. The standard InChI is InChI=1S/C15H22FNO2/c1-18-13-8-11(12(16)9-14(13)19-2)15(17)10-6-4-3-5-7-10/h8-10,15H,3-7,17H2,1-2H3/t15-/m1/s1. The molecule has 1 saturated carbocycles. The fraction of sp³-hybridized carbons (Fsp3) is 0.600. The fourth-order valence-electron chi connectivity index (χ4n) is 2.87. The van der Waals surface area contributed by atoms with E-state index in [1.165, 1.54) is 32.4 Å². The monoisotopic (exact) mass is 267 g/mol. The van der Waals surface area contributed by atoms with Crippen molar-refractivity contribution < 1.29 is 13.9 Å². The Kier molecular flexibility index (Phi) is 4.64. The van der Waals surface area contributed by atoms with Gasteiger partial charge in [0.1, 0.15) is 5.82 Å². The van der Waals surface area contributed by atoms with Gasteiger partial charge in [-0.25, -0.2) is 4.39 Å². The molecule has 0 amide bonds. The van der Waals surface area contributed by atoms with Gasteiger partial charge in [-0.2, -0.15) is 0 Å². The van der Waals surface area contributed by atoms with E-state index in [-0.39, 0.29) is 11.9 Å². The summed E-state index contributed by atoms with van der Waals surface area (Å²) in [6, 6.07) is 2.77. The third kappa shape index (κ3) is 3.00. The Balaban J connectivity index is 2.27. The summed E-state index contributed by atoms with van der Waals surface area (Å²) in [5, 5.41) is 0. The molecule has 19 heavy (non-hydrogen) atoms. The highest BCUT2D eigenvalue weighted by Crippen LogP contribution is 2.37. The zero-order valence-electron chi connectivity index (χ0n) is 11.6. The lowest BCUT2D eigenvalue weighted by Gasteiger charge is -2.28. The number of benzene rings is 1. The van der Waals surface area contributed by atoms with E-state index in [0.29, 0.717) is 23.0 Å². The Bertz CT molecular complexity index is 430. The van der Waals surface area contributed by atoms with Gasteiger partial charge < -0.3 is 15.2 Å². The first-order valence-corrected chi connectivity index (χ1v) is 6.84. The molecular weight excluding hydrogens is 245 g/mol. The molecule has 0 unspecified atom stereocenters. The van der Waals surface area contributed by atoms with Gasteiger partial charge in [0.05, 0.1) is 14.2 Å². The molecular formula is C15H22FNO2. The van der Waals surface area contributed by atoms with Gasteiger partial charge in [-0.3, -0.25) is 0 Å². The SMILES string of the molecule is COc1cc(F)c([C@H](N)C2CCCCC2)cc1OC. The van der Waals surface area contributed by atoms with Gasteiger partial charge in [-0.15, -0.1) is 0 Å². The molecule has 4 heteroatoms. The maximum Gasteiger partial charge on any atom is 0.163 e. The van der Waals surface area contributed by atoms with Crippen LogP contribution in [-0.4, -0.2) is 14.2 Å². The third-order valence-electron chi connectivity index (χ3n) is 4.02. The smallest absolute Gasteiger partial charge is 0.163 e. The Morgan fingerprint density at radius 2 is 1.68 bits per heavy atom. The first kappa shape index (κ1) is 14.1. The van der Waals surface area contributed by atoms with Crippen molar-refractivity contribution in [2.45, 2.75) is 38.1 Å². The quantitative estimate of drug-likeness (QED) is 0.909. The van der Waals surface area contributed by atoms with Gasteiger partial charge >= 0.3 is 0 Å². The third-order valence-corrected chi connectivity index (χ3v) is 4.02. The molecule has 0 saturated heterocycles. The van der Waals surface area contributed by atoms with E-state index in [9.17, 15) is 4.39 Å². The molecule has 1 aromatic rings. The minimum atomic E-state index is -0.310. The van der Waals surface area contributed by atoms with E-state index in [0.717, 1.165) is 12.8 Å². The Morgan fingerprint density at radius 3 is 2.26 bits per heavy atom. The Morgan fingerprint density at radius 1 is 1.11 bits per heavy atom. The number of hydrogen-bond donors (Lipinski definition) is 1. The minimum absolute atomic E-state index is 0.264. The van der Waals surface area contributed by atoms with Gasteiger partial charge in [0.25, 0.3) is 0 Å². The highest BCUT2D eigenvalue weighted by Gasteiger charge is 2.25. The van der Waals surface area contributed by atoms with Crippen LogP contribution in [0.1, 0.15) is 43.7 Å². The molecule has 3 nitrogen and oxygen atoms in total. The summed E-state index contributed by atoms with van der Waals surface area (Å²) in [7, 11) is 3.05. The summed E-state index contributed by atoms with van der Waals surface area (Å²) >= 11 is 0. The minimum Gasteiger partial charge on any atom is -0.493 e. The first-order valence-electron chi connectivity index (χ1n) is 6.84. The van der Waals surface area contributed by atoms with E-state index >= 15 is 0 Å². The molecule has 0 radical (unpaired) electrons. The Hall–Kier alpha value is -1.29. The predicted molar refractivity (Wildman–Crippen MR) is 73.0 cm³/mol. The molecule has 1 aromatic carbocycles. The van der Waals surface area contributed by atoms with Crippen LogP contribution in [0.2, 0.25) is 0 Å².